The molecule has 0 atom stereocenters. The van der Waals surface area contributed by atoms with Gasteiger partial charge in [0.15, 0.2) is 6.61 Å². The lowest BCUT2D eigenvalue weighted by molar-refractivity contribution is 0.368. The van der Waals surface area contributed by atoms with Gasteiger partial charge < -0.3 is 10.1 Å². The summed E-state index contributed by atoms with van der Waals surface area (Å²) in [5.41, 5.74) is 1.04. The average Bonchev–Trinajstić information content (AvgIpc) is 2.43. The lowest BCUT2D eigenvalue weighted by Gasteiger charge is -2.07. The number of nitriles is 1. The summed E-state index contributed by atoms with van der Waals surface area (Å²) in [6.07, 6.45) is 0. The molecule has 5 heteroatoms. The molecule has 0 fully saturated rings. The standard InChI is InChI=1S/C14H12ClN3O/c15-13-5-2-6-14(18-13)17-10-11-3-1-4-12(9-11)19-8-7-16/h1-6,9H,8,10H2,(H,17,18). The van der Waals surface area contributed by atoms with E-state index in [1.807, 2.05) is 42.5 Å². The number of hydrogen-bond acceptors (Lipinski definition) is 4. The van der Waals surface area contributed by atoms with E-state index in [0.29, 0.717) is 17.4 Å². The van der Waals surface area contributed by atoms with E-state index in [9.17, 15) is 0 Å². The Balaban J connectivity index is 1.98. The Morgan fingerprint density at radius 2 is 2.11 bits per heavy atom. The minimum absolute atomic E-state index is 0.0483. The largest absolute Gasteiger partial charge is 0.479 e. The summed E-state index contributed by atoms with van der Waals surface area (Å²) in [7, 11) is 0. The van der Waals surface area contributed by atoms with Crippen molar-refractivity contribution in [1.29, 1.82) is 5.26 Å². The first-order valence-corrected chi connectivity index (χ1v) is 6.11. The second-order valence-corrected chi connectivity index (χ2v) is 4.18. The van der Waals surface area contributed by atoms with Gasteiger partial charge in [-0.2, -0.15) is 5.26 Å². The molecule has 0 aliphatic heterocycles. The number of pyridine rings is 1. The maximum atomic E-state index is 8.47. The molecule has 0 radical (unpaired) electrons. The van der Waals surface area contributed by atoms with E-state index in [-0.39, 0.29) is 6.61 Å². The minimum atomic E-state index is 0.0483. The number of nitrogens with zero attached hydrogens (tertiary/aromatic N) is 2. The van der Waals surface area contributed by atoms with Gasteiger partial charge in [0.05, 0.1) is 0 Å². The van der Waals surface area contributed by atoms with Crippen molar-refractivity contribution in [1.82, 2.24) is 4.98 Å². The Hall–Kier alpha value is -2.25. The quantitative estimate of drug-likeness (QED) is 0.850. The number of ether oxygens (including phenoxy) is 1. The van der Waals surface area contributed by atoms with Crippen molar-refractivity contribution in [3.05, 3.63) is 53.2 Å². The Labute approximate surface area is 116 Å². The SMILES string of the molecule is N#CCOc1cccc(CNc2cccc(Cl)n2)c1. The van der Waals surface area contributed by atoms with E-state index in [2.05, 4.69) is 10.3 Å². The van der Waals surface area contributed by atoms with Crippen LogP contribution in [0.25, 0.3) is 0 Å². The highest BCUT2D eigenvalue weighted by Crippen LogP contribution is 2.15. The highest BCUT2D eigenvalue weighted by atomic mass is 35.5. The van der Waals surface area contributed by atoms with Crippen LogP contribution in [-0.2, 0) is 6.54 Å². The van der Waals surface area contributed by atoms with Crippen LogP contribution >= 0.6 is 11.6 Å². The number of nitrogens with one attached hydrogen (secondary N) is 1. The molecule has 1 aromatic carbocycles. The van der Waals surface area contributed by atoms with Crippen LogP contribution in [0.15, 0.2) is 42.5 Å². The average molecular weight is 274 g/mol. The first-order chi connectivity index (χ1) is 9.28. The van der Waals surface area contributed by atoms with Crippen molar-refractivity contribution in [2.75, 3.05) is 11.9 Å². The van der Waals surface area contributed by atoms with Gasteiger partial charge in [-0.25, -0.2) is 4.98 Å². The Bertz CT molecular complexity index is 595. The Morgan fingerprint density at radius 1 is 1.26 bits per heavy atom. The third-order valence-corrected chi connectivity index (χ3v) is 2.60. The molecule has 1 heterocycles. The van der Waals surface area contributed by atoms with Gasteiger partial charge in [0.2, 0.25) is 0 Å². The van der Waals surface area contributed by atoms with Crippen LogP contribution in [0, 0.1) is 11.3 Å². The fourth-order valence-corrected chi connectivity index (χ4v) is 1.72. The number of halogens is 1. The van der Waals surface area contributed by atoms with Crippen molar-refractivity contribution in [3.8, 4) is 11.8 Å². The molecule has 1 aromatic heterocycles. The van der Waals surface area contributed by atoms with Crippen molar-refractivity contribution in [2.45, 2.75) is 6.54 Å². The smallest absolute Gasteiger partial charge is 0.174 e. The van der Waals surface area contributed by atoms with Gasteiger partial charge in [-0.15, -0.1) is 0 Å². The molecule has 1 N–H and O–H groups in total. The number of rotatable bonds is 5. The van der Waals surface area contributed by atoms with Crippen molar-refractivity contribution in [3.63, 3.8) is 0 Å². The predicted octanol–water partition coefficient (Wildman–Crippen LogP) is 3.25. The van der Waals surface area contributed by atoms with Gasteiger partial charge in [-0.1, -0.05) is 29.8 Å². The molecule has 19 heavy (non-hydrogen) atoms. The summed E-state index contributed by atoms with van der Waals surface area (Å²) in [6, 6.07) is 14.9. The molecule has 0 aliphatic carbocycles. The molecule has 0 amide bonds. The van der Waals surface area contributed by atoms with Crippen LogP contribution in [-0.4, -0.2) is 11.6 Å². The second-order valence-electron chi connectivity index (χ2n) is 3.79. The Morgan fingerprint density at radius 3 is 2.89 bits per heavy atom. The maximum absolute atomic E-state index is 8.47. The van der Waals surface area contributed by atoms with Gasteiger partial charge in [0.25, 0.3) is 0 Å². The summed E-state index contributed by atoms with van der Waals surface area (Å²) in [5, 5.41) is 12.1. The lowest BCUT2D eigenvalue weighted by atomic mass is 10.2. The zero-order valence-electron chi connectivity index (χ0n) is 10.1. The first-order valence-electron chi connectivity index (χ1n) is 5.73. The molecular formula is C14H12ClN3O. The monoisotopic (exact) mass is 273 g/mol. The molecule has 2 rings (SSSR count). The van der Waals surface area contributed by atoms with E-state index in [4.69, 9.17) is 21.6 Å². The van der Waals surface area contributed by atoms with Gasteiger partial charge in [0, 0.05) is 6.54 Å². The molecule has 96 valence electrons. The number of anilines is 1. The third kappa shape index (κ3) is 4.16. The molecule has 0 bridgehead atoms. The fraction of sp³-hybridized carbons (Fsp3) is 0.143. The van der Waals surface area contributed by atoms with Crippen molar-refractivity contribution in [2.24, 2.45) is 0 Å². The molecule has 0 saturated heterocycles. The van der Waals surface area contributed by atoms with Crippen LogP contribution in [0.2, 0.25) is 5.15 Å². The lowest BCUT2D eigenvalue weighted by Crippen LogP contribution is -2.02. The fourth-order valence-electron chi connectivity index (χ4n) is 1.56. The summed E-state index contributed by atoms with van der Waals surface area (Å²) >= 11 is 5.81. The van der Waals surface area contributed by atoms with Crippen LogP contribution in [0.4, 0.5) is 5.82 Å². The minimum Gasteiger partial charge on any atom is -0.479 e. The highest BCUT2D eigenvalue weighted by molar-refractivity contribution is 6.29. The molecule has 0 saturated carbocycles. The van der Waals surface area contributed by atoms with E-state index >= 15 is 0 Å². The van der Waals surface area contributed by atoms with Crippen molar-refractivity contribution >= 4 is 17.4 Å². The summed E-state index contributed by atoms with van der Waals surface area (Å²) in [6.45, 7) is 0.657. The van der Waals surface area contributed by atoms with Gasteiger partial charge in [-0.05, 0) is 29.8 Å². The molecule has 0 aliphatic rings. The van der Waals surface area contributed by atoms with Crippen LogP contribution in [0.3, 0.4) is 0 Å². The summed E-state index contributed by atoms with van der Waals surface area (Å²) < 4.78 is 5.24. The predicted molar refractivity (Wildman–Crippen MR) is 74.1 cm³/mol. The summed E-state index contributed by atoms with van der Waals surface area (Å²) in [4.78, 5) is 4.14. The maximum Gasteiger partial charge on any atom is 0.174 e. The number of aromatic nitrogens is 1. The van der Waals surface area contributed by atoms with Crippen LogP contribution in [0.5, 0.6) is 5.75 Å². The van der Waals surface area contributed by atoms with Gasteiger partial charge in [0.1, 0.15) is 22.8 Å². The zero-order valence-corrected chi connectivity index (χ0v) is 10.9. The summed E-state index contributed by atoms with van der Waals surface area (Å²) in [5.74, 6) is 1.40. The van der Waals surface area contributed by atoms with Crippen LogP contribution < -0.4 is 10.1 Å². The Kier molecular flexibility index (Phi) is 4.60. The van der Waals surface area contributed by atoms with Crippen molar-refractivity contribution < 1.29 is 4.74 Å². The number of benzene rings is 1. The third-order valence-electron chi connectivity index (χ3n) is 2.39. The van der Waals surface area contributed by atoms with E-state index < -0.39 is 0 Å². The molecule has 0 spiro atoms. The second kappa shape index (κ2) is 6.62. The van der Waals surface area contributed by atoms with E-state index in [1.54, 1.807) is 6.07 Å². The molecule has 0 unspecified atom stereocenters. The zero-order chi connectivity index (χ0) is 13.5. The van der Waals surface area contributed by atoms with Crippen LogP contribution in [0.1, 0.15) is 5.56 Å². The first kappa shape index (κ1) is 13.2. The van der Waals surface area contributed by atoms with E-state index in [1.165, 1.54) is 0 Å². The number of hydrogen-bond donors (Lipinski definition) is 1. The van der Waals surface area contributed by atoms with E-state index in [0.717, 1.165) is 11.4 Å². The topological polar surface area (TPSA) is 57.9 Å². The molecular weight excluding hydrogens is 262 g/mol. The molecule has 4 nitrogen and oxygen atoms in total. The normalized spacial score (nSPS) is 9.68. The highest BCUT2D eigenvalue weighted by Gasteiger charge is 1.99. The molecule has 2 aromatic rings. The van der Waals surface area contributed by atoms with Gasteiger partial charge >= 0.3 is 0 Å². The van der Waals surface area contributed by atoms with Gasteiger partial charge in [-0.3, -0.25) is 0 Å².